The molecule has 3 nitrogen and oxygen atoms in total. The molecule has 80 valence electrons. The summed E-state index contributed by atoms with van der Waals surface area (Å²) < 4.78 is 0. The van der Waals surface area contributed by atoms with Crippen molar-refractivity contribution < 1.29 is 9.59 Å². The Kier molecular flexibility index (Phi) is 3.74. The van der Waals surface area contributed by atoms with Crippen molar-refractivity contribution in [1.29, 1.82) is 0 Å². The van der Waals surface area contributed by atoms with Crippen LogP contribution < -0.4 is 5.32 Å². The fourth-order valence-corrected chi connectivity index (χ4v) is 1.50. The van der Waals surface area contributed by atoms with E-state index in [1.807, 2.05) is 13.1 Å². The summed E-state index contributed by atoms with van der Waals surface area (Å²) in [6.07, 6.45) is 0. The molecule has 0 spiro atoms. The van der Waals surface area contributed by atoms with Gasteiger partial charge in [0.15, 0.2) is 11.6 Å². The fraction of sp³-hybridized carbons (Fsp3) is 0.333. The average molecular weight is 205 g/mol. The van der Waals surface area contributed by atoms with Crippen LogP contribution in [0.2, 0.25) is 0 Å². The van der Waals surface area contributed by atoms with Crippen molar-refractivity contribution >= 4 is 11.6 Å². The highest BCUT2D eigenvalue weighted by Crippen LogP contribution is 2.13. The van der Waals surface area contributed by atoms with Crippen LogP contribution in [0, 0.1) is 0 Å². The van der Waals surface area contributed by atoms with Crippen LogP contribution in [0.1, 0.15) is 40.1 Å². The van der Waals surface area contributed by atoms with Crippen LogP contribution in [-0.2, 0) is 6.54 Å². The van der Waals surface area contributed by atoms with Crippen LogP contribution >= 0.6 is 0 Å². The lowest BCUT2D eigenvalue weighted by atomic mass is 9.98. The molecule has 0 heterocycles. The highest BCUT2D eigenvalue weighted by Gasteiger charge is 2.11. The number of hydrogen-bond acceptors (Lipinski definition) is 3. The second kappa shape index (κ2) is 4.84. The van der Waals surface area contributed by atoms with Gasteiger partial charge in [-0.1, -0.05) is 12.1 Å². The molecule has 0 aliphatic heterocycles. The van der Waals surface area contributed by atoms with Crippen LogP contribution in [0.5, 0.6) is 0 Å². The maximum atomic E-state index is 11.4. The van der Waals surface area contributed by atoms with E-state index in [0.717, 1.165) is 5.56 Å². The molecule has 0 atom stereocenters. The van der Waals surface area contributed by atoms with Crippen LogP contribution in [0.15, 0.2) is 18.2 Å². The number of nitrogens with one attached hydrogen (secondary N) is 1. The Morgan fingerprint density at radius 1 is 1.13 bits per heavy atom. The molecular formula is C12H15NO2. The molecule has 0 radical (unpaired) electrons. The summed E-state index contributed by atoms with van der Waals surface area (Å²) in [5.74, 6) is -0.144. The first kappa shape index (κ1) is 11.6. The SMILES string of the molecule is CNCc1ccc(C(C)=O)c(C(C)=O)c1. The molecule has 0 aliphatic rings. The van der Waals surface area contributed by atoms with E-state index in [1.54, 1.807) is 12.1 Å². The van der Waals surface area contributed by atoms with Gasteiger partial charge in [0.2, 0.25) is 0 Å². The van der Waals surface area contributed by atoms with E-state index in [2.05, 4.69) is 5.32 Å². The summed E-state index contributed by atoms with van der Waals surface area (Å²) in [5, 5.41) is 3.00. The summed E-state index contributed by atoms with van der Waals surface area (Å²) in [6, 6.07) is 5.35. The van der Waals surface area contributed by atoms with Crippen molar-refractivity contribution in [3.05, 3.63) is 34.9 Å². The number of carbonyl (C=O) groups excluding carboxylic acids is 2. The van der Waals surface area contributed by atoms with E-state index in [0.29, 0.717) is 17.7 Å². The van der Waals surface area contributed by atoms with Crippen LogP contribution in [0.25, 0.3) is 0 Å². The van der Waals surface area contributed by atoms with Gasteiger partial charge < -0.3 is 5.32 Å². The van der Waals surface area contributed by atoms with Crippen LogP contribution in [-0.4, -0.2) is 18.6 Å². The Balaban J connectivity index is 3.21. The number of carbonyl (C=O) groups is 2. The zero-order valence-electron chi connectivity index (χ0n) is 9.26. The number of Topliss-reactive ketones (excluding diaryl/α,β-unsaturated/α-hetero) is 2. The van der Waals surface area contributed by atoms with Crippen LogP contribution in [0.3, 0.4) is 0 Å². The summed E-state index contributed by atoms with van der Waals surface area (Å²) in [5.41, 5.74) is 2.02. The Labute approximate surface area is 89.5 Å². The summed E-state index contributed by atoms with van der Waals surface area (Å²) in [4.78, 5) is 22.6. The van der Waals surface area contributed by atoms with Crippen molar-refractivity contribution in [2.24, 2.45) is 0 Å². The largest absolute Gasteiger partial charge is 0.316 e. The van der Waals surface area contributed by atoms with E-state index in [-0.39, 0.29) is 11.6 Å². The molecule has 15 heavy (non-hydrogen) atoms. The van der Waals surface area contributed by atoms with E-state index in [9.17, 15) is 9.59 Å². The molecular weight excluding hydrogens is 190 g/mol. The fourth-order valence-electron chi connectivity index (χ4n) is 1.50. The topological polar surface area (TPSA) is 46.2 Å². The number of benzene rings is 1. The number of ketones is 2. The highest BCUT2D eigenvalue weighted by atomic mass is 16.1. The van der Waals surface area contributed by atoms with Crippen molar-refractivity contribution in [1.82, 2.24) is 5.32 Å². The van der Waals surface area contributed by atoms with Gasteiger partial charge in [-0.2, -0.15) is 0 Å². The third kappa shape index (κ3) is 2.73. The standard InChI is InChI=1S/C12H15NO2/c1-8(14)11-5-4-10(7-13-3)6-12(11)9(2)15/h4-6,13H,7H2,1-3H3. The van der Waals surface area contributed by atoms with Gasteiger partial charge in [-0.15, -0.1) is 0 Å². The molecule has 0 aliphatic carbocycles. The molecule has 1 N–H and O–H groups in total. The number of hydrogen-bond donors (Lipinski definition) is 1. The van der Waals surface area contributed by atoms with Gasteiger partial charge in [0, 0.05) is 17.7 Å². The third-order valence-electron chi connectivity index (χ3n) is 2.22. The first-order valence-electron chi connectivity index (χ1n) is 4.85. The van der Waals surface area contributed by atoms with Gasteiger partial charge in [0.05, 0.1) is 0 Å². The maximum absolute atomic E-state index is 11.4. The lowest BCUT2D eigenvalue weighted by molar-refractivity contribution is 0.0980. The Hall–Kier alpha value is -1.48. The minimum Gasteiger partial charge on any atom is -0.316 e. The van der Waals surface area contributed by atoms with Crippen molar-refractivity contribution in [2.75, 3.05) is 7.05 Å². The molecule has 0 saturated carbocycles. The lowest BCUT2D eigenvalue weighted by Gasteiger charge is -2.06. The smallest absolute Gasteiger partial charge is 0.160 e. The Morgan fingerprint density at radius 2 is 1.73 bits per heavy atom. The molecule has 1 rings (SSSR count). The quantitative estimate of drug-likeness (QED) is 0.762. The second-order valence-electron chi connectivity index (χ2n) is 3.52. The Bertz CT molecular complexity index is 397. The molecule has 0 amide bonds. The molecule has 0 bridgehead atoms. The average Bonchev–Trinajstić information content (AvgIpc) is 2.17. The molecule has 1 aromatic carbocycles. The minimum atomic E-state index is -0.0730. The molecule has 3 heteroatoms. The van der Waals surface area contributed by atoms with Gasteiger partial charge in [0.1, 0.15) is 0 Å². The summed E-state index contributed by atoms with van der Waals surface area (Å²) >= 11 is 0. The monoisotopic (exact) mass is 205 g/mol. The van der Waals surface area contributed by atoms with Gasteiger partial charge in [-0.3, -0.25) is 9.59 Å². The zero-order valence-corrected chi connectivity index (χ0v) is 9.26. The van der Waals surface area contributed by atoms with Crippen molar-refractivity contribution in [2.45, 2.75) is 20.4 Å². The van der Waals surface area contributed by atoms with Gasteiger partial charge in [-0.25, -0.2) is 0 Å². The maximum Gasteiger partial charge on any atom is 0.160 e. The predicted molar refractivity (Wildman–Crippen MR) is 59.2 cm³/mol. The van der Waals surface area contributed by atoms with Gasteiger partial charge in [0.25, 0.3) is 0 Å². The zero-order chi connectivity index (χ0) is 11.4. The summed E-state index contributed by atoms with van der Waals surface area (Å²) in [7, 11) is 1.84. The van der Waals surface area contributed by atoms with Crippen molar-refractivity contribution in [3.8, 4) is 0 Å². The van der Waals surface area contributed by atoms with E-state index in [4.69, 9.17) is 0 Å². The highest BCUT2D eigenvalue weighted by molar-refractivity contribution is 6.07. The van der Waals surface area contributed by atoms with Gasteiger partial charge >= 0.3 is 0 Å². The van der Waals surface area contributed by atoms with Crippen molar-refractivity contribution in [3.63, 3.8) is 0 Å². The molecule has 0 unspecified atom stereocenters. The molecule has 0 fully saturated rings. The first-order valence-corrected chi connectivity index (χ1v) is 4.85. The van der Waals surface area contributed by atoms with E-state index < -0.39 is 0 Å². The number of rotatable bonds is 4. The minimum absolute atomic E-state index is 0.0712. The molecule has 0 saturated heterocycles. The first-order chi connectivity index (χ1) is 7.06. The normalized spacial score (nSPS) is 10.1. The molecule has 1 aromatic rings. The van der Waals surface area contributed by atoms with Gasteiger partial charge in [-0.05, 0) is 32.5 Å². The van der Waals surface area contributed by atoms with E-state index in [1.165, 1.54) is 13.8 Å². The summed E-state index contributed by atoms with van der Waals surface area (Å²) in [6.45, 7) is 3.64. The second-order valence-corrected chi connectivity index (χ2v) is 3.52. The predicted octanol–water partition coefficient (Wildman–Crippen LogP) is 1.81. The third-order valence-corrected chi connectivity index (χ3v) is 2.22. The lowest BCUT2D eigenvalue weighted by Crippen LogP contribution is -2.09. The Morgan fingerprint density at radius 3 is 2.20 bits per heavy atom. The van der Waals surface area contributed by atoms with Crippen LogP contribution in [0.4, 0.5) is 0 Å². The molecule has 0 aromatic heterocycles. The van der Waals surface area contributed by atoms with E-state index >= 15 is 0 Å².